The Hall–Kier alpha value is -3.66. The van der Waals surface area contributed by atoms with Crippen LogP contribution in [0.2, 0.25) is 0 Å². The van der Waals surface area contributed by atoms with Gasteiger partial charge in [0.2, 0.25) is 11.1 Å². The molecule has 1 aromatic carbocycles. The summed E-state index contributed by atoms with van der Waals surface area (Å²) >= 11 is 1.29. The van der Waals surface area contributed by atoms with Crippen LogP contribution in [0, 0.1) is 0 Å². The van der Waals surface area contributed by atoms with Crippen LogP contribution in [0.4, 0.5) is 0 Å². The van der Waals surface area contributed by atoms with E-state index in [9.17, 15) is 4.79 Å². The van der Waals surface area contributed by atoms with Crippen molar-refractivity contribution < 1.29 is 14.3 Å². The molecule has 0 saturated heterocycles. The van der Waals surface area contributed by atoms with Gasteiger partial charge in [-0.2, -0.15) is 9.61 Å². The fourth-order valence-corrected chi connectivity index (χ4v) is 3.82. The Kier molecular flexibility index (Phi) is 6.81. The summed E-state index contributed by atoms with van der Waals surface area (Å²) in [7, 11) is 3.20. The highest BCUT2D eigenvalue weighted by Gasteiger charge is 2.12. The third-order valence-corrected chi connectivity index (χ3v) is 5.65. The van der Waals surface area contributed by atoms with Gasteiger partial charge in [0.25, 0.3) is 0 Å². The summed E-state index contributed by atoms with van der Waals surface area (Å²) in [5.74, 6) is 1.48. The molecule has 0 saturated carbocycles. The molecule has 164 valence electrons. The zero-order chi connectivity index (χ0) is 22.3. The number of pyridine rings is 1. The van der Waals surface area contributed by atoms with Gasteiger partial charge in [-0.15, -0.1) is 10.2 Å². The predicted octanol–water partition coefficient (Wildman–Crippen LogP) is 2.65. The highest BCUT2D eigenvalue weighted by atomic mass is 32.2. The van der Waals surface area contributed by atoms with Gasteiger partial charge in [0.05, 0.1) is 25.7 Å². The number of fused-ring (bicyclic) bond motifs is 1. The van der Waals surface area contributed by atoms with Crippen molar-refractivity contribution in [3.05, 3.63) is 60.4 Å². The fraction of sp³-hybridized carbons (Fsp3) is 0.227. The van der Waals surface area contributed by atoms with E-state index in [1.807, 2.05) is 42.5 Å². The Labute approximate surface area is 189 Å². The average molecular weight is 451 g/mol. The summed E-state index contributed by atoms with van der Waals surface area (Å²) < 4.78 is 12.2. The van der Waals surface area contributed by atoms with Gasteiger partial charge in [-0.1, -0.05) is 17.8 Å². The molecule has 0 spiro atoms. The maximum absolute atomic E-state index is 12.3. The molecule has 0 aliphatic carbocycles. The molecule has 32 heavy (non-hydrogen) atoms. The van der Waals surface area contributed by atoms with Gasteiger partial charge in [-0.05, 0) is 48.4 Å². The molecular formula is C22H22N6O3S. The Morgan fingerprint density at radius 2 is 1.84 bits per heavy atom. The first-order chi connectivity index (χ1) is 15.7. The zero-order valence-electron chi connectivity index (χ0n) is 17.7. The molecule has 4 rings (SSSR count). The van der Waals surface area contributed by atoms with Crippen molar-refractivity contribution in [2.45, 2.75) is 11.6 Å². The fourth-order valence-electron chi connectivity index (χ4n) is 3.10. The molecule has 0 radical (unpaired) electrons. The van der Waals surface area contributed by atoms with Crippen LogP contribution in [0.1, 0.15) is 5.56 Å². The van der Waals surface area contributed by atoms with Crippen LogP contribution >= 0.6 is 11.8 Å². The molecule has 1 N–H and O–H groups in total. The molecule has 0 unspecified atom stereocenters. The van der Waals surface area contributed by atoms with E-state index in [1.165, 1.54) is 11.8 Å². The number of rotatable bonds is 9. The van der Waals surface area contributed by atoms with Crippen LogP contribution < -0.4 is 14.8 Å². The first-order valence-corrected chi connectivity index (χ1v) is 10.9. The minimum absolute atomic E-state index is 0.0856. The quantitative estimate of drug-likeness (QED) is 0.388. The number of carbonyl (C=O) groups is 1. The molecule has 0 bridgehead atoms. The summed E-state index contributed by atoms with van der Waals surface area (Å²) in [5.41, 5.74) is 3.39. The monoisotopic (exact) mass is 450 g/mol. The molecule has 0 atom stereocenters. The van der Waals surface area contributed by atoms with E-state index >= 15 is 0 Å². The molecule has 0 aliphatic heterocycles. The van der Waals surface area contributed by atoms with Crippen LogP contribution in [0.3, 0.4) is 0 Å². The largest absolute Gasteiger partial charge is 0.493 e. The highest BCUT2D eigenvalue weighted by molar-refractivity contribution is 7.99. The van der Waals surface area contributed by atoms with Crippen molar-refractivity contribution in [1.29, 1.82) is 0 Å². The van der Waals surface area contributed by atoms with E-state index in [0.29, 0.717) is 35.3 Å². The predicted molar refractivity (Wildman–Crippen MR) is 121 cm³/mol. The molecule has 10 heteroatoms. The van der Waals surface area contributed by atoms with Crippen molar-refractivity contribution in [3.8, 4) is 22.8 Å². The maximum atomic E-state index is 12.3. The topological polar surface area (TPSA) is 104 Å². The lowest BCUT2D eigenvalue weighted by molar-refractivity contribution is -0.118. The number of benzene rings is 1. The number of aromatic nitrogens is 5. The molecule has 9 nitrogen and oxygen atoms in total. The number of hydrogen-bond donors (Lipinski definition) is 1. The molecule has 0 aliphatic rings. The van der Waals surface area contributed by atoms with Gasteiger partial charge in [0, 0.05) is 24.5 Å². The van der Waals surface area contributed by atoms with Crippen LogP contribution in [-0.4, -0.2) is 57.2 Å². The number of methoxy groups -OCH3 is 2. The summed E-state index contributed by atoms with van der Waals surface area (Å²) in [6.45, 7) is 0.514. The van der Waals surface area contributed by atoms with E-state index in [2.05, 4.69) is 25.6 Å². The van der Waals surface area contributed by atoms with Crippen molar-refractivity contribution in [2.24, 2.45) is 0 Å². The van der Waals surface area contributed by atoms with Gasteiger partial charge in [-0.3, -0.25) is 9.78 Å². The smallest absolute Gasteiger partial charge is 0.230 e. The van der Waals surface area contributed by atoms with Gasteiger partial charge >= 0.3 is 0 Å². The van der Waals surface area contributed by atoms with Crippen molar-refractivity contribution in [1.82, 2.24) is 30.1 Å². The van der Waals surface area contributed by atoms with Crippen LogP contribution in [0.25, 0.3) is 16.9 Å². The number of thioether (sulfide) groups is 1. The molecule has 3 aromatic heterocycles. The number of nitrogens with one attached hydrogen (secondary N) is 1. The maximum Gasteiger partial charge on any atom is 0.230 e. The second-order valence-electron chi connectivity index (χ2n) is 6.79. The first kappa shape index (κ1) is 21.6. The van der Waals surface area contributed by atoms with Gasteiger partial charge < -0.3 is 14.8 Å². The molecule has 3 heterocycles. The van der Waals surface area contributed by atoms with E-state index in [4.69, 9.17) is 9.47 Å². The minimum atomic E-state index is -0.0856. The lowest BCUT2D eigenvalue weighted by Crippen LogP contribution is -2.27. The van der Waals surface area contributed by atoms with Crippen molar-refractivity contribution >= 4 is 23.3 Å². The second kappa shape index (κ2) is 10.1. The van der Waals surface area contributed by atoms with Gasteiger partial charge in [-0.25, -0.2) is 0 Å². The van der Waals surface area contributed by atoms with E-state index in [-0.39, 0.29) is 11.7 Å². The van der Waals surface area contributed by atoms with Gasteiger partial charge in [0.15, 0.2) is 17.1 Å². The minimum Gasteiger partial charge on any atom is -0.493 e. The Balaban J connectivity index is 1.33. The number of ether oxygens (including phenoxy) is 2. The summed E-state index contributed by atoms with van der Waals surface area (Å²) in [6.07, 6.45) is 4.12. The van der Waals surface area contributed by atoms with Crippen LogP contribution in [0.5, 0.6) is 11.5 Å². The van der Waals surface area contributed by atoms with E-state index in [1.54, 1.807) is 31.1 Å². The molecule has 1 amide bonds. The highest BCUT2D eigenvalue weighted by Crippen LogP contribution is 2.27. The summed E-state index contributed by atoms with van der Waals surface area (Å²) in [4.78, 5) is 16.3. The molecule has 4 aromatic rings. The Morgan fingerprint density at radius 3 is 2.62 bits per heavy atom. The van der Waals surface area contributed by atoms with E-state index in [0.717, 1.165) is 16.8 Å². The lowest BCUT2D eigenvalue weighted by atomic mass is 10.1. The number of nitrogens with zero attached hydrogens (tertiary/aromatic N) is 5. The summed E-state index contributed by atoms with van der Waals surface area (Å²) in [6, 6.07) is 13.2. The molecule has 0 fully saturated rings. The van der Waals surface area contributed by atoms with Gasteiger partial charge in [0.1, 0.15) is 0 Å². The third kappa shape index (κ3) is 4.97. The number of amides is 1. The van der Waals surface area contributed by atoms with E-state index < -0.39 is 0 Å². The normalized spacial score (nSPS) is 10.8. The number of hydrogen-bond acceptors (Lipinski definition) is 8. The van der Waals surface area contributed by atoms with Crippen LogP contribution in [-0.2, 0) is 11.2 Å². The Morgan fingerprint density at radius 1 is 1.03 bits per heavy atom. The van der Waals surface area contributed by atoms with Crippen molar-refractivity contribution in [2.75, 3.05) is 26.5 Å². The first-order valence-electron chi connectivity index (χ1n) is 9.91. The zero-order valence-corrected chi connectivity index (χ0v) is 18.5. The second-order valence-corrected chi connectivity index (χ2v) is 7.73. The summed E-state index contributed by atoms with van der Waals surface area (Å²) in [5, 5.41) is 16.4. The third-order valence-electron chi connectivity index (χ3n) is 4.73. The van der Waals surface area contributed by atoms with Crippen molar-refractivity contribution in [3.63, 3.8) is 0 Å². The standard InChI is InChI=1S/C22H22N6O3S/c1-30-18-5-3-15(13-19(18)31-2)7-12-24-21(29)14-32-22-26-25-20-6-4-17(27-28(20)22)16-8-10-23-11-9-16/h3-6,8-11,13H,7,12,14H2,1-2H3,(H,24,29). The Bertz CT molecular complexity index is 1220. The molecular weight excluding hydrogens is 428 g/mol. The average Bonchev–Trinajstić information content (AvgIpc) is 3.25. The SMILES string of the molecule is COc1ccc(CCNC(=O)CSc2nnc3ccc(-c4ccncc4)nn23)cc1OC. The lowest BCUT2D eigenvalue weighted by Gasteiger charge is -2.10. The number of carbonyl (C=O) groups excluding carboxylic acids is 1. The van der Waals surface area contributed by atoms with Crippen LogP contribution in [0.15, 0.2) is 60.0 Å².